The van der Waals surface area contributed by atoms with Crippen LogP contribution in [0.5, 0.6) is 0 Å². The lowest BCUT2D eigenvalue weighted by Gasteiger charge is -2.30. The lowest BCUT2D eigenvalue weighted by molar-refractivity contribution is -0.124. The Balaban J connectivity index is 2.13. The number of nitrogens with one attached hydrogen (secondary N) is 2. The summed E-state index contributed by atoms with van der Waals surface area (Å²) in [6.07, 6.45) is 0.820. The third-order valence-electron chi connectivity index (χ3n) is 3.46. The lowest BCUT2D eigenvalue weighted by atomic mass is 9.85. The van der Waals surface area contributed by atoms with Gasteiger partial charge in [-0.1, -0.05) is 39.5 Å². The zero-order valence-corrected chi connectivity index (χ0v) is 13.7. The maximum Gasteiger partial charge on any atom is 0.279 e. The molecule has 1 aromatic heterocycles. The fraction of sp³-hybridized carbons (Fsp3) is 0.600. The first-order valence-corrected chi connectivity index (χ1v) is 8.12. The van der Waals surface area contributed by atoms with Crippen LogP contribution in [0.2, 0.25) is 0 Å². The van der Waals surface area contributed by atoms with Crippen molar-refractivity contribution in [3.63, 3.8) is 0 Å². The highest BCUT2D eigenvalue weighted by Gasteiger charge is 2.35. The highest BCUT2D eigenvalue weighted by molar-refractivity contribution is 8.14. The minimum absolute atomic E-state index is 0.145. The van der Waals surface area contributed by atoms with Gasteiger partial charge in [0.05, 0.1) is 6.04 Å². The highest BCUT2D eigenvalue weighted by Crippen LogP contribution is 2.34. The molecule has 0 radical (unpaired) electrons. The summed E-state index contributed by atoms with van der Waals surface area (Å²) < 4.78 is 5.80. The first kappa shape index (κ1) is 15.9. The van der Waals surface area contributed by atoms with E-state index in [-0.39, 0.29) is 22.6 Å². The van der Waals surface area contributed by atoms with Crippen molar-refractivity contribution >= 4 is 22.9 Å². The second-order valence-corrected chi connectivity index (χ2v) is 7.25. The third-order valence-corrected chi connectivity index (χ3v) is 4.34. The quantitative estimate of drug-likeness (QED) is 0.897. The maximum absolute atomic E-state index is 12.3. The molecule has 0 saturated carbocycles. The summed E-state index contributed by atoms with van der Waals surface area (Å²) in [5, 5.41) is 5.53. The summed E-state index contributed by atoms with van der Waals surface area (Å²) in [4.78, 5) is 23.5. The van der Waals surface area contributed by atoms with Crippen LogP contribution in [0.25, 0.3) is 0 Å². The molecule has 116 valence electrons. The van der Waals surface area contributed by atoms with Gasteiger partial charge in [-0.15, -0.1) is 0 Å². The third kappa shape index (κ3) is 3.81. The molecule has 2 N–H and O–H groups in total. The molecule has 5 nitrogen and oxygen atoms in total. The predicted molar refractivity (Wildman–Crippen MR) is 83.2 cm³/mol. The average molecular weight is 310 g/mol. The van der Waals surface area contributed by atoms with Crippen molar-refractivity contribution < 1.29 is 14.0 Å². The average Bonchev–Trinajstić information content (AvgIpc) is 3.02. The molecule has 0 aromatic carbocycles. The van der Waals surface area contributed by atoms with Crippen LogP contribution in [0.15, 0.2) is 16.5 Å². The summed E-state index contributed by atoms with van der Waals surface area (Å²) >= 11 is 1.14. The number of furan rings is 1. The molecule has 0 bridgehead atoms. The van der Waals surface area contributed by atoms with Gasteiger partial charge >= 0.3 is 0 Å². The first-order valence-electron chi connectivity index (χ1n) is 7.13. The fourth-order valence-electron chi connectivity index (χ4n) is 2.22. The standard InChI is InChI=1S/C15H22N2O3S/c1-5-9-6-7-11(20-9)12(15(2,3)4)17-13(18)10-8-21-14(19)16-10/h6-7,10,12H,5,8H2,1-4H3,(H,16,19)(H,17,18)/t10-,12+/m1/s1. The summed E-state index contributed by atoms with van der Waals surface area (Å²) in [6, 6.07) is 3.16. The van der Waals surface area contributed by atoms with Crippen LogP contribution in [0.4, 0.5) is 4.79 Å². The summed E-state index contributed by atoms with van der Waals surface area (Å²) in [5.41, 5.74) is -0.186. The molecule has 2 amide bonds. The van der Waals surface area contributed by atoms with Crippen molar-refractivity contribution in [3.8, 4) is 0 Å². The molecule has 0 unspecified atom stereocenters. The second kappa shape index (κ2) is 6.13. The highest BCUT2D eigenvalue weighted by atomic mass is 32.2. The smallest absolute Gasteiger partial charge is 0.279 e. The number of hydrogen-bond acceptors (Lipinski definition) is 4. The molecule has 0 aliphatic carbocycles. The van der Waals surface area contributed by atoms with E-state index in [4.69, 9.17) is 4.42 Å². The number of hydrogen-bond donors (Lipinski definition) is 2. The van der Waals surface area contributed by atoms with E-state index >= 15 is 0 Å². The van der Waals surface area contributed by atoms with Crippen molar-refractivity contribution in [3.05, 3.63) is 23.7 Å². The van der Waals surface area contributed by atoms with Crippen molar-refractivity contribution in [2.75, 3.05) is 5.75 Å². The summed E-state index contributed by atoms with van der Waals surface area (Å²) in [5.74, 6) is 1.96. The van der Waals surface area contributed by atoms with Crippen LogP contribution in [-0.4, -0.2) is 22.9 Å². The van der Waals surface area contributed by atoms with E-state index in [1.807, 2.05) is 39.8 Å². The van der Waals surface area contributed by atoms with E-state index < -0.39 is 6.04 Å². The second-order valence-electron chi connectivity index (χ2n) is 6.26. The number of aryl methyl sites for hydroxylation is 1. The maximum atomic E-state index is 12.3. The molecule has 2 heterocycles. The Morgan fingerprint density at radius 1 is 1.52 bits per heavy atom. The Morgan fingerprint density at radius 3 is 2.71 bits per heavy atom. The van der Waals surface area contributed by atoms with Gasteiger partial charge in [0.25, 0.3) is 5.24 Å². The van der Waals surface area contributed by atoms with Crippen LogP contribution in [0.1, 0.15) is 45.3 Å². The van der Waals surface area contributed by atoms with Crippen LogP contribution >= 0.6 is 11.8 Å². The van der Waals surface area contributed by atoms with E-state index in [1.165, 1.54) is 0 Å². The van der Waals surface area contributed by atoms with Crippen molar-refractivity contribution in [1.82, 2.24) is 10.6 Å². The molecule has 1 aliphatic rings. The molecule has 6 heteroatoms. The lowest BCUT2D eigenvalue weighted by Crippen LogP contribution is -2.46. The van der Waals surface area contributed by atoms with Gasteiger partial charge in [0.15, 0.2) is 0 Å². The minimum Gasteiger partial charge on any atom is -0.464 e. The number of carbonyl (C=O) groups is 2. The number of carbonyl (C=O) groups excluding carboxylic acids is 2. The topological polar surface area (TPSA) is 71.3 Å². The van der Waals surface area contributed by atoms with Crippen molar-refractivity contribution in [2.24, 2.45) is 5.41 Å². The SMILES string of the molecule is CCc1ccc([C@H](NC(=O)[C@H]2CSC(=O)N2)C(C)(C)C)o1. The largest absolute Gasteiger partial charge is 0.464 e. The molecular formula is C15H22N2O3S. The van der Waals surface area contributed by atoms with E-state index in [2.05, 4.69) is 10.6 Å². The zero-order valence-electron chi connectivity index (χ0n) is 12.9. The zero-order chi connectivity index (χ0) is 15.6. The van der Waals surface area contributed by atoms with Gasteiger partial charge in [0.1, 0.15) is 17.6 Å². The molecule has 1 aromatic rings. The number of thioether (sulfide) groups is 1. The molecule has 1 fully saturated rings. The number of amides is 2. The number of rotatable bonds is 4. The van der Waals surface area contributed by atoms with Gasteiger partial charge in [-0.25, -0.2) is 0 Å². The van der Waals surface area contributed by atoms with Gasteiger partial charge in [0.2, 0.25) is 5.91 Å². The van der Waals surface area contributed by atoms with Gasteiger partial charge in [0, 0.05) is 12.2 Å². The van der Waals surface area contributed by atoms with Crippen molar-refractivity contribution in [2.45, 2.75) is 46.2 Å². The summed E-state index contributed by atoms with van der Waals surface area (Å²) in [6.45, 7) is 8.18. The van der Waals surface area contributed by atoms with Gasteiger partial charge in [-0.2, -0.15) is 0 Å². The van der Waals surface area contributed by atoms with Crippen molar-refractivity contribution in [1.29, 1.82) is 0 Å². The molecule has 0 spiro atoms. The Hall–Kier alpha value is -1.43. The summed E-state index contributed by atoms with van der Waals surface area (Å²) in [7, 11) is 0. The molecule has 1 aliphatic heterocycles. The van der Waals surface area contributed by atoms with E-state index in [0.717, 1.165) is 29.7 Å². The first-order chi connectivity index (χ1) is 9.81. The minimum atomic E-state index is -0.465. The fourth-order valence-corrected chi connectivity index (χ4v) is 3.00. The molecular weight excluding hydrogens is 288 g/mol. The molecule has 21 heavy (non-hydrogen) atoms. The Labute approximate surface area is 129 Å². The predicted octanol–water partition coefficient (Wildman–Crippen LogP) is 2.87. The molecule has 1 saturated heterocycles. The molecule has 2 atom stereocenters. The van der Waals surface area contributed by atoms with E-state index in [1.54, 1.807) is 0 Å². The van der Waals surface area contributed by atoms with E-state index in [0.29, 0.717) is 5.75 Å². The van der Waals surface area contributed by atoms with Gasteiger partial charge < -0.3 is 15.1 Å². The Bertz CT molecular complexity index is 533. The van der Waals surface area contributed by atoms with E-state index in [9.17, 15) is 9.59 Å². The van der Waals surface area contributed by atoms with Gasteiger partial charge in [-0.05, 0) is 17.5 Å². The van der Waals surface area contributed by atoms with Crippen LogP contribution in [-0.2, 0) is 11.2 Å². The van der Waals surface area contributed by atoms with Crippen LogP contribution in [0.3, 0.4) is 0 Å². The van der Waals surface area contributed by atoms with Gasteiger partial charge in [-0.3, -0.25) is 9.59 Å². The normalized spacial score (nSPS) is 20.2. The Kier molecular flexibility index (Phi) is 4.66. The molecule has 2 rings (SSSR count). The monoisotopic (exact) mass is 310 g/mol. The van der Waals surface area contributed by atoms with Crippen LogP contribution < -0.4 is 10.6 Å². The van der Waals surface area contributed by atoms with Crippen LogP contribution in [0, 0.1) is 5.41 Å². The Morgan fingerprint density at radius 2 is 2.24 bits per heavy atom.